The number of benzene rings is 1. The Morgan fingerprint density at radius 2 is 1.67 bits per heavy atom. The van der Waals surface area contributed by atoms with Crippen LogP contribution in [0.15, 0.2) is 12.1 Å². The molecule has 0 amide bonds. The van der Waals surface area contributed by atoms with Crippen LogP contribution in [0, 0.1) is 13.8 Å². The van der Waals surface area contributed by atoms with Gasteiger partial charge in [-0.1, -0.05) is 0 Å². The van der Waals surface area contributed by atoms with Gasteiger partial charge in [-0.25, -0.2) is 0 Å². The molecule has 61 valence electrons. The molecule has 0 saturated heterocycles. The molecule has 0 aliphatic rings. The monoisotopic (exact) mass is 239 g/mol. The summed E-state index contributed by atoms with van der Waals surface area (Å²) in [6.45, 7) is 3.55. The van der Waals surface area contributed by atoms with E-state index in [-0.39, 0.29) is 38.5 Å². The molecule has 2 nitrogen and oxygen atoms in total. The van der Waals surface area contributed by atoms with E-state index in [4.69, 9.17) is 0 Å². The number of aryl methyl sites for hydroxylation is 2. The number of aromatic hydroxyl groups is 1. The van der Waals surface area contributed by atoms with E-state index in [1.54, 1.807) is 26.0 Å². The van der Waals surface area contributed by atoms with E-state index in [9.17, 15) is 9.90 Å². The van der Waals surface area contributed by atoms with Gasteiger partial charge in [-0.05, 0) is 37.1 Å². The van der Waals surface area contributed by atoms with Crippen LogP contribution in [0.1, 0.15) is 21.5 Å². The minimum Gasteiger partial charge on any atom is -0.507 e. The Kier molecular flexibility index (Phi) is 4.65. The number of hydrogen-bond donors (Lipinski definition) is 1. The Balaban J connectivity index is 0.00000121. The van der Waals surface area contributed by atoms with Gasteiger partial charge in [0.25, 0.3) is 0 Å². The molecule has 0 aromatic heterocycles. The van der Waals surface area contributed by atoms with Crippen molar-refractivity contribution in [2.45, 2.75) is 13.8 Å². The first-order valence-corrected chi connectivity index (χ1v) is 3.40. The van der Waals surface area contributed by atoms with Gasteiger partial charge in [0, 0.05) is 38.3 Å². The molecule has 0 atom stereocenters. The van der Waals surface area contributed by atoms with E-state index in [0.717, 1.165) is 17.4 Å². The first kappa shape index (κ1) is 11.8. The minimum absolute atomic E-state index is 0. The number of phenols is 1. The van der Waals surface area contributed by atoms with E-state index in [0.29, 0.717) is 5.56 Å². The predicted molar refractivity (Wildman–Crippen MR) is 43.0 cm³/mol. The maximum atomic E-state index is 10.3. The molecule has 0 unspecified atom stereocenters. The second-order valence-electron chi connectivity index (χ2n) is 2.62. The zero-order valence-electron chi connectivity index (χ0n) is 7.16. The summed E-state index contributed by atoms with van der Waals surface area (Å²) in [4.78, 5) is 10.3. The Morgan fingerprint density at radius 1 is 1.25 bits per heavy atom. The summed E-state index contributed by atoms with van der Waals surface area (Å²) in [5.41, 5.74) is 2.09. The van der Waals surface area contributed by atoms with Crippen LogP contribution in [0.3, 0.4) is 0 Å². The third-order valence-corrected chi connectivity index (χ3v) is 1.65. The summed E-state index contributed by atoms with van der Waals surface area (Å²) in [6.07, 6.45) is 0.777. The molecule has 1 radical (unpaired) electrons. The van der Waals surface area contributed by atoms with E-state index >= 15 is 0 Å². The van der Waals surface area contributed by atoms with Crippen LogP contribution < -0.4 is 0 Å². The van der Waals surface area contributed by atoms with Crippen LogP contribution >= 0.6 is 0 Å². The first-order chi connectivity index (χ1) is 5.15. The molecule has 0 spiro atoms. The van der Waals surface area contributed by atoms with Crippen LogP contribution in [-0.4, -0.2) is 11.4 Å². The summed E-state index contributed by atoms with van der Waals surface area (Å²) in [6, 6.07) is 3.32. The third kappa shape index (κ3) is 2.39. The average Bonchev–Trinajstić information content (AvgIpc) is 1.99. The number of carbonyl (C=O) groups excluding carboxylic acids is 1. The van der Waals surface area contributed by atoms with Crippen LogP contribution in [0.5, 0.6) is 5.75 Å². The van der Waals surface area contributed by atoms with E-state index in [2.05, 4.69) is 0 Å². The number of rotatable bonds is 1. The van der Waals surface area contributed by atoms with Crippen molar-refractivity contribution in [3.05, 3.63) is 28.8 Å². The van der Waals surface area contributed by atoms with Crippen LogP contribution in [0.4, 0.5) is 0 Å². The average molecular weight is 239 g/mol. The van der Waals surface area contributed by atoms with Crippen LogP contribution in [0.2, 0.25) is 0 Å². The Hall–Kier alpha value is -0.206. The van der Waals surface area contributed by atoms with Gasteiger partial charge < -0.3 is 5.11 Å². The Labute approximate surface area is 96.9 Å². The first-order valence-electron chi connectivity index (χ1n) is 3.40. The fourth-order valence-electron chi connectivity index (χ4n) is 1.06. The van der Waals surface area contributed by atoms with Gasteiger partial charge in [-0.3, -0.25) is 4.79 Å². The van der Waals surface area contributed by atoms with Crippen molar-refractivity contribution in [3.63, 3.8) is 0 Å². The van der Waals surface area contributed by atoms with Crippen LogP contribution in [-0.2, 0) is 32.7 Å². The summed E-state index contributed by atoms with van der Waals surface area (Å²) >= 11 is 0. The fraction of sp³-hybridized carbons (Fsp3) is 0.222. The molecular weight excluding hydrogens is 229 g/mol. The van der Waals surface area contributed by atoms with Gasteiger partial charge in [-0.15, -0.1) is 0 Å². The number of phenolic OH excluding ortho intramolecular Hbond substituents is 1. The summed E-state index contributed by atoms with van der Waals surface area (Å²) in [7, 11) is 0. The molecule has 1 aromatic rings. The second kappa shape index (κ2) is 4.73. The van der Waals surface area contributed by atoms with Gasteiger partial charge in [0.05, 0.1) is 0 Å². The maximum Gasteiger partial charge on any atom is 0.150 e. The quantitative estimate of drug-likeness (QED) is 0.759. The number of hydrogen-bond acceptors (Lipinski definition) is 2. The third-order valence-electron chi connectivity index (χ3n) is 1.65. The molecule has 1 rings (SSSR count). The molecule has 12 heavy (non-hydrogen) atoms. The molecule has 0 heterocycles. The number of aldehydes is 1. The largest absolute Gasteiger partial charge is 0.507 e. The smallest absolute Gasteiger partial charge is 0.150 e. The normalized spacial score (nSPS) is 8.83. The second-order valence-corrected chi connectivity index (χ2v) is 2.62. The molecule has 0 aliphatic carbocycles. The van der Waals surface area contributed by atoms with Crippen LogP contribution in [0.25, 0.3) is 0 Å². The summed E-state index contributed by atoms with van der Waals surface area (Å²) < 4.78 is 0. The standard InChI is InChI=1S/C9H10O2.Y/c1-6-3-8(5-10)4-7(2)9(6)11;/h3-5,11H,1-2H3;. The Morgan fingerprint density at radius 3 is 2.00 bits per heavy atom. The zero-order valence-corrected chi connectivity index (χ0v) is 10.0. The van der Waals surface area contributed by atoms with Gasteiger partial charge in [0.15, 0.2) is 0 Å². The topological polar surface area (TPSA) is 37.3 Å². The van der Waals surface area contributed by atoms with Crippen molar-refractivity contribution in [3.8, 4) is 5.75 Å². The van der Waals surface area contributed by atoms with Crippen molar-refractivity contribution >= 4 is 6.29 Å². The predicted octanol–water partition coefficient (Wildman–Crippen LogP) is 1.82. The van der Waals surface area contributed by atoms with E-state index < -0.39 is 0 Å². The molecule has 0 bridgehead atoms. The Bertz CT molecular complexity index is 272. The zero-order chi connectivity index (χ0) is 8.43. The van der Waals surface area contributed by atoms with Gasteiger partial charge in [0.1, 0.15) is 12.0 Å². The molecular formula is C9H10O2Y. The summed E-state index contributed by atoms with van der Waals surface area (Å²) in [5, 5.41) is 9.31. The SMILES string of the molecule is Cc1cc(C=O)cc(C)c1O.[Y]. The van der Waals surface area contributed by atoms with Gasteiger partial charge in [-0.2, -0.15) is 0 Å². The number of carbonyl (C=O) groups is 1. The summed E-state index contributed by atoms with van der Waals surface area (Å²) in [5.74, 6) is 0.274. The van der Waals surface area contributed by atoms with Crippen molar-refractivity contribution in [2.75, 3.05) is 0 Å². The molecule has 0 aliphatic heterocycles. The molecule has 3 heteroatoms. The fourth-order valence-corrected chi connectivity index (χ4v) is 1.06. The molecule has 0 fully saturated rings. The maximum absolute atomic E-state index is 10.3. The minimum atomic E-state index is 0. The molecule has 1 aromatic carbocycles. The van der Waals surface area contributed by atoms with Crippen molar-refractivity contribution < 1.29 is 42.6 Å². The van der Waals surface area contributed by atoms with Crippen molar-refractivity contribution in [1.82, 2.24) is 0 Å². The van der Waals surface area contributed by atoms with E-state index in [1.807, 2.05) is 0 Å². The van der Waals surface area contributed by atoms with Gasteiger partial charge >= 0.3 is 0 Å². The molecule has 0 saturated carbocycles. The van der Waals surface area contributed by atoms with Crippen molar-refractivity contribution in [1.29, 1.82) is 0 Å². The van der Waals surface area contributed by atoms with E-state index in [1.165, 1.54) is 0 Å². The van der Waals surface area contributed by atoms with Crippen molar-refractivity contribution in [2.24, 2.45) is 0 Å². The van der Waals surface area contributed by atoms with Gasteiger partial charge in [0.2, 0.25) is 0 Å². The molecule has 1 N–H and O–H groups in total.